The zero-order valence-corrected chi connectivity index (χ0v) is 18.5. The molecule has 31 heavy (non-hydrogen) atoms. The van der Waals surface area contributed by atoms with Crippen molar-refractivity contribution in [3.63, 3.8) is 0 Å². The Morgan fingerprint density at radius 1 is 1.26 bits per heavy atom. The van der Waals surface area contributed by atoms with Gasteiger partial charge in [-0.2, -0.15) is 4.98 Å². The number of rotatable bonds is 6. The zero-order chi connectivity index (χ0) is 22.0. The third kappa shape index (κ3) is 4.55. The molecule has 4 rings (SSSR count). The normalized spacial score (nSPS) is 14.5. The molecule has 3 heterocycles. The molecule has 1 N–H and O–H groups in total. The summed E-state index contributed by atoms with van der Waals surface area (Å²) in [6.07, 6.45) is 0. The van der Waals surface area contributed by atoms with E-state index in [1.807, 2.05) is 0 Å². The molecular formula is C19H20N4O6S2. The quantitative estimate of drug-likeness (QED) is 0.590. The number of hydrogen-bond acceptors (Lipinski definition) is 9. The summed E-state index contributed by atoms with van der Waals surface area (Å²) in [5.41, 5.74) is 0.379. The SMILES string of the molecule is COc1cccc(NS(=O)(=O)c2cc(-c3noc(C(=O)N4CCOCC4)n3)sc2C)c1. The second-order valence-corrected chi connectivity index (χ2v) is 9.60. The minimum atomic E-state index is -3.85. The number of morpholine rings is 1. The highest BCUT2D eigenvalue weighted by Crippen LogP contribution is 2.33. The minimum Gasteiger partial charge on any atom is -0.497 e. The van der Waals surface area contributed by atoms with E-state index in [1.165, 1.54) is 24.5 Å². The van der Waals surface area contributed by atoms with Gasteiger partial charge in [0.15, 0.2) is 0 Å². The number of carbonyl (C=O) groups excluding carboxylic acids is 1. The van der Waals surface area contributed by atoms with E-state index in [2.05, 4.69) is 14.9 Å². The van der Waals surface area contributed by atoms with Crippen molar-refractivity contribution >= 4 is 33.0 Å². The van der Waals surface area contributed by atoms with E-state index in [4.69, 9.17) is 14.0 Å². The third-order valence-electron chi connectivity index (χ3n) is 4.61. The van der Waals surface area contributed by atoms with Gasteiger partial charge in [0.1, 0.15) is 10.6 Å². The van der Waals surface area contributed by atoms with Gasteiger partial charge in [0.2, 0.25) is 5.82 Å². The summed E-state index contributed by atoms with van der Waals surface area (Å²) in [5.74, 6) is 0.185. The first-order valence-electron chi connectivity index (χ1n) is 9.36. The number of hydrogen-bond donors (Lipinski definition) is 1. The number of benzene rings is 1. The van der Waals surface area contributed by atoms with Crippen LogP contribution in [0, 0.1) is 6.92 Å². The maximum atomic E-state index is 12.9. The number of carbonyl (C=O) groups is 1. The molecule has 0 bridgehead atoms. The van der Waals surface area contributed by atoms with Gasteiger partial charge < -0.3 is 18.9 Å². The molecule has 0 aliphatic carbocycles. The first kappa shape index (κ1) is 21.3. The Labute approximate surface area is 182 Å². The van der Waals surface area contributed by atoms with E-state index in [0.29, 0.717) is 47.5 Å². The third-order valence-corrected chi connectivity index (χ3v) is 7.29. The lowest BCUT2D eigenvalue weighted by molar-refractivity contribution is 0.0272. The van der Waals surface area contributed by atoms with Crippen LogP contribution < -0.4 is 9.46 Å². The summed E-state index contributed by atoms with van der Waals surface area (Å²) in [6, 6.07) is 8.09. The Balaban J connectivity index is 1.56. The van der Waals surface area contributed by atoms with Gasteiger partial charge in [-0.25, -0.2) is 8.42 Å². The molecule has 12 heteroatoms. The number of thiophene rings is 1. The summed E-state index contributed by atoms with van der Waals surface area (Å²) in [7, 11) is -2.35. The molecule has 10 nitrogen and oxygen atoms in total. The molecule has 164 valence electrons. The fourth-order valence-electron chi connectivity index (χ4n) is 3.05. The van der Waals surface area contributed by atoms with E-state index in [-0.39, 0.29) is 22.5 Å². The van der Waals surface area contributed by atoms with Crippen LogP contribution in [0.2, 0.25) is 0 Å². The summed E-state index contributed by atoms with van der Waals surface area (Å²) in [5, 5.41) is 3.86. The molecule has 1 aliphatic heterocycles. The number of aryl methyl sites for hydroxylation is 1. The number of anilines is 1. The molecule has 1 saturated heterocycles. The smallest absolute Gasteiger partial charge is 0.316 e. The Morgan fingerprint density at radius 2 is 2.03 bits per heavy atom. The van der Waals surface area contributed by atoms with Gasteiger partial charge in [0, 0.05) is 24.0 Å². The lowest BCUT2D eigenvalue weighted by atomic mass is 10.3. The topological polar surface area (TPSA) is 124 Å². The monoisotopic (exact) mass is 464 g/mol. The van der Waals surface area contributed by atoms with Crippen LogP contribution in [-0.2, 0) is 14.8 Å². The van der Waals surface area contributed by atoms with Crippen molar-refractivity contribution in [1.82, 2.24) is 15.0 Å². The Bertz CT molecular complexity index is 1200. The maximum Gasteiger partial charge on any atom is 0.316 e. The van der Waals surface area contributed by atoms with E-state index in [1.54, 1.807) is 36.1 Å². The summed E-state index contributed by atoms with van der Waals surface area (Å²) in [4.78, 5) is 19.4. The van der Waals surface area contributed by atoms with Crippen LogP contribution in [0.4, 0.5) is 5.69 Å². The van der Waals surface area contributed by atoms with Crippen molar-refractivity contribution in [2.24, 2.45) is 0 Å². The first-order chi connectivity index (χ1) is 14.9. The van der Waals surface area contributed by atoms with Crippen molar-refractivity contribution in [1.29, 1.82) is 0 Å². The highest BCUT2D eigenvalue weighted by Gasteiger charge is 2.26. The van der Waals surface area contributed by atoms with Gasteiger partial charge in [-0.05, 0) is 25.1 Å². The standard InChI is InChI=1S/C19H20N4O6S2/c1-12-16(31(25,26)22-13-4-3-5-14(10-13)27-2)11-15(30-12)17-20-18(29-21-17)19(24)23-6-8-28-9-7-23/h3-5,10-11,22H,6-9H2,1-2H3. The highest BCUT2D eigenvalue weighted by molar-refractivity contribution is 7.93. The fraction of sp³-hybridized carbons (Fsp3) is 0.316. The first-order valence-corrected chi connectivity index (χ1v) is 11.7. The van der Waals surface area contributed by atoms with E-state index < -0.39 is 10.0 Å². The van der Waals surface area contributed by atoms with Crippen LogP contribution in [0.15, 0.2) is 39.8 Å². The van der Waals surface area contributed by atoms with Crippen LogP contribution in [0.5, 0.6) is 5.75 Å². The summed E-state index contributed by atoms with van der Waals surface area (Å²) < 4.78 is 43.8. The van der Waals surface area contributed by atoms with Gasteiger partial charge >= 0.3 is 11.8 Å². The molecule has 2 aromatic heterocycles. The molecule has 1 aliphatic rings. The molecule has 1 fully saturated rings. The second-order valence-electron chi connectivity index (χ2n) is 6.70. The number of aromatic nitrogens is 2. The lowest BCUT2D eigenvalue weighted by Crippen LogP contribution is -2.40. The van der Waals surface area contributed by atoms with Crippen molar-refractivity contribution in [3.05, 3.63) is 41.1 Å². The molecular weight excluding hydrogens is 444 g/mol. The predicted molar refractivity (Wildman–Crippen MR) is 113 cm³/mol. The van der Waals surface area contributed by atoms with Gasteiger partial charge in [-0.3, -0.25) is 9.52 Å². The van der Waals surface area contributed by atoms with Crippen molar-refractivity contribution in [2.45, 2.75) is 11.8 Å². The van der Waals surface area contributed by atoms with Crippen LogP contribution in [0.1, 0.15) is 15.6 Å². The molecule has 0 spiro atoms. The van der Waals surface area contributed by atoms with Crippen LogP contribution >= 0.6 is 11.3 Å². The number of sulfonamides is 1. The van der Waals surface area contributed by atoms with Crippen LogP contribution in [-0.4, -0.2) is 62.8 Å². The van der Waals surface area contributed by atoms with E-state index in [0.717, 1.165) is 0 Å². The maximum absolute atomic E-state index is 12.9. The predicted octanol–water partition coefficient (Wildman–Crippen LogP) is 2.39. The summed E-state index contributed by atoms with van der Waals surface area (Å²) >= 11 is 1.20. The average molecular weight is 465 g/mol. The number of methoxy groups -OCH3 is 1. The second kappa shape index (κ2) is 8.65. The van der Waals surface area contributed by atoms with Gasteiger partial charge in [0.05, 0.1) is 30.9 Å². The fourth-order valence-corrected chi connectivity index (χ4v) is 5.62. The largest absolute Gasteiger partial charge is 0.497 e. The number of nitrogens with zero attached hydrogens (tertiary/aromatic N) is 3. The number of nitrogens with one attached hydrogen (secondary N) is 1. The Morgan fingerprint density at radius 3 is 2.77 bits per heavy atom. The van der Waals surface area contributed by atoms with E-state index >= 15 is 0 Å². The molecule has 3 aromatic rings. The molecule has 0 radical (unpaired) electrons. The molecule has 0 saturated carbocycles. The van der Waals surface area contributed by atoms with E-state index in [9.17, 15) is 13.2 Å². The minimum absolute atomic E-state index is 0.0983. The Kier molecular flexibility index (Phi) is 5.94. The number of ether oxygens (including phenoxy) is 2. The van der Waals surface area contributed by atoms with Gasteiger partial charge in [-0.1, -0.05) is 11.2 Å². The van der Waals surface area contributed by atoms with Crippen molar-refractivity contribution in [3.8, 4) is 16.5 Å². The zero-order valence-electron chi connectivity index (χ0n) is 16.8. The molecule has 0 unspecified atom stereocenters. The van der Waals surface area contributed by atoms with Gasteiger partial charge in [0.25, 0.3) is 10.0 Å². The van der Waals surface area contributed by atoms with Crippen LogP contribution in [0.3, 0.4) is 0 Å². The van der Waals surface area contributed by atoms with Crippen LogP contribution in [0.25, 0.3) is 10.7 Å². The van der Waals surface area contributed by atoms with Crippen molar-refractivity contribution in [2.75, 3.05) is 38.1 Å². The molecule has 1 aromatic carbocycles. The van der Waals surface area contributed by atoms with Crippen molar-refractivity contribution < 1.29 is 27.2 Å². The lowest BCUT2D eigenvalue weighted by Gasteiger charge is -2.25. The molecule has 0 atom stereocenters. The molecule has 1 amide bonds. The highest BCUT2D eigenvalue weighted by atomic mass is 32.2. The Hall–Kier alpha value is -2.96. The summed E-state index contributed by atoms with van der Waals surface area (Å²) in [6.45, 7) is 3.50. The van der Waals surface area contributed by atoms with Gasteiger partial charge in [-0.15, -0.1) is 11.3 Å². The number of amides is 1. The average Bonchev–Trinajstić information content (AvgIpc) is 3.41.